The smallest absolute Gasteiger partial charge is 0.241 e. The average molecular weight is 282 g/mol. The second kappa shape index (κ2) is 5.92. The summed E-state index contributed by atoms with van der Waals surface area (Å²) >= 11 is 1.72. The molecular formula is C14H19FN2OS. The van der Waals surface area contributed by atoms with Crippen LogP contribution in [0.2, 0.25) is 0 Å². The molecule has 0 aromatic heterocycles. The van der Waals surface area contributed by atoms with E-state index in [0.717, 1.165) is 5.56 Å². The first-order valence-corrected chi connectivity index (χ1v) is 7.66. The summed E-state index contributed by atoms with van der Waals surface area (Å²) in [6, 6.07) is 6.21. The Labute approximate surface area is 117 Å². The molecule has 3 atom stereocenters. The Morgan fingerprint density at radius 3 is 2.89 bits per heavy atom. The van der Waals surface area contributed by atoms with Gasteiger partial charge in [-0.05, 0) is 30.9 Å². The van der Waals surface area contributed by atoms with Crippen LogP contribution in [0.3, 0.4) is 0 Å². The maximum atomic E-state index is 13.3. The number of nitrogens with zero attached hydrogens (tertiary/aromatic N) is 1. The minimum Gasteiger partial charge on any atom is -0.320 e. The molecule has 1 amide bonds. The summed E-state index contributed by atoms with van der Waals surface area (Å²) in [6.45, 7) is 4.60. The van der Waals surface area contributed by atoms with Crippen LogP contribution >= 0.6 is 11.8 Å². The third kappa shape index (κ3) is 3.09. The van der Waals surface area contributed by atoms with Crippen molar-refractivity contribution in [2.75, 3.05) is 12.8 Å². The minimum atomic E-state index is -0.274. The molecule has 0 aliphatic carbocycles. The van der Waals surface area contributed by atoms with Crippen molar-refractivity contribution < 1.29 is 9.18 Å². The maximum Gasteiger partial charge on any atom is 0.241 e. The molecule has 5 heteroatoms. The molecule has 1 aliphatic rings. The zero-order valence-electron chi connectivity index (χ0n) is 11.4. The molecule has 1 N–H and O–H groups in total. The van der Waals surface area contributed by atoms with E-state index in [1.807, 2.05) is 19.2 Å². The lowest BCUT2D eigenvalue weighted by atomic mass is 10.1. The largest absolute Gasteiger partial charge is 0.320 e. The van der Waals surface area contributed by atoms with E-state index >= 15 is 0 Å². The number of rotatable bonds is 4. The van der Waals surface area contributed by atoms with Gasteiger partial charge in [-0.2, -0.15) is 11.8 Å². The van der Waals surface area contributed by atoms with Crippen LogP contribution < -0.4 is 5.32 Å². The molecule has 2 rings (SSSR count). The molecule has 19 heavy (non-hydrogen) atoms. The van der Waals surface area contributed by atoms with Crippen molar-refractivity contribution in [3.63, 3.8) is 0 Å². The number of thioether (sulfide) groups is 1. The molecule has 3 unspecified atom stereocenters. The van der Waals surface area contributed by atoms with Crippen LogP contribution in [0, 0.1) is 5.82 Å². The first kappa shape index (κ1) is 14.3. The number of nitrogens with one attached hydrogen (secondary N) is 1. The first-order chi connectivity index (χ1) is 9.02. The van der Waals surface area contributed by atoms with E-state index in [2.05, 4.69) is 12.2 Å². The van der Waals surface area contributed by atoms with Crippen molar-refractivity contribution in [2.24, 2.45) is 0 Å². The summed E-state index contributed by atoms with van der Waals surface area (Å²) in [5.41, 5.74) is 0.797. The SMILES string of the molecule is CSC(C)CN1C(=O)C(C)NC1c1cccc(F)c1. The molecule has 1 fully saturated rings. The lowest BCUT2D eigenvalue weighted by Crippen LogP contribution is -2.35. The van der Waals surface area contributed by atoms with Gasteiger partial charge in [-0.3, -0.25) is 10.1 Å². The Morgan fingerprint density at radius 1 is 1.53 bits per heavy atom. The van der Waals surface area contributed by atoms with Gasteiger partial charge in [0, 0.05) is 11.8 Å². The summed E-state index contributed by atoms with van der Waals surface area (Å²) in [4.78, 5) is 14.0. The Bertz CT molecular complexity index is 469. The van der Waals surface area contributed by atoms with Gasteiger partial charge in [-0.15, -0.1) is 0 Å². The number of hydrogen-bond acceptors (Lipinski definition) is 3. The Hall–Kier alpha value is -1.07. The van der Waals surface area contributed by atoms with E-state index in [1.54, 1.807) is 22.7 Å². The third-order valence-electron chi connectivity index (χ3n) is 3.39. The van der Waals surface area contributed by atoms with Crippen molar-refractivity contribution in [2.45, 2.75) is 31.3 Å². The van der Waals surface area contributed by atoms with E-state index in [4.69, 9.17) is 0 Å². The van der Waals surface area contributed by atoms with Gasteiger partial charge in [-0.1, -0.05) is 19.1 Å². The highest BCUT2D eigenvalue weighted by Crippen LogP contribution is 2.27. The molecule has 0 spiro atoms. The fourth-order valence-electron chi connectivity index (χ4n) is 2.27. The maximum absolute atomic E-state index is 13.3. The second-order valence-electron chi connectivity index (χ2n) is 4.88. The molecule has 0 bridgehead atoms. The van der Waals surface area contributed by atoms with Crippen LogP contribution in [0.4, 0.5) is 4.39 Å². The number of carbonyl (C=O) groups excluding carboxylic acids is 1. The highest BCUT2D eigenvalue weighted by Gasteiger charge is 2.37. The predicted octanol–water partition coefficient (Wildman–Crippen LogP) is 2.40. The topological polar surface area (TPSA) is 32.3 Å². The van der Waals surface area contributed by atoms with E-state index in [1.165, 1.54) is 12.1 Å². The molecule has 1 heterocycles. The summed E-state index contributed by atoms with van der Waals surface area (Å²) in [6.07, 6.45) is 1.80. The van der Waals surface area contributed by atoms with Crippen molar-refractivity contribution in [3.05, 3.63) is 35.6 Å². The van der Waals surface area contributed by atoms with Crippen LogP contribution in [-0.2, 0) is 4.79 Å². The number of halogens is 1. The summed E-state index contributed by atoms with van der Waals surface area (Å²) < 4.78 is 13.3. The molecule has 1 aromatic carbocycles. The van der Waals surface area contributed by atoms with E-state index < -0.39 is 0 Å². The number of carbonyl (C=O) groups is 1. The molecule has 0 radical (unpaired) electrons. The number of benzene rings is 1. The van der Waals surface area contributed by atoms with Gasteiger partial charge in [0.15, 0.2) is 0 Å². The molecule has 104 valence electrons. The zero-order chi connectivity index (χ0) is 14.0. The van der Waals surface area contributed by atoms with Gasteiger partial charge in [0.1, 0.15) is 12.0 Å². The summed E-state index contributed by atoms with van der Waals surface area (Å²) in [5, 5.41) is 3.58. The van der Waals surface area contributed by atoms with Gasteiger partial charge >= 0.3 is 0 Å². The molecule has 1 aromatic rings. The van der Waals surface area contributed by atoms with E-state index in [0.29, 0.717) is 11.8 Å². The van der Waals surface area contributed by atoms with Gasteiger partial charge in [0.2, 0.25) is 5.91 Å². The van der Waals surface area contributed by atoms with Crippen molar-refractivity contribution in [3.8, 4) is 0 Å². The fourth-order valence-corrected chi connectivity index (χ4v) is 2.58. The number of hydrogen-bond donors (Lipinski definition) is 1. The number of amides is 1. The Kier molecular flexibility index (Phi) is 4.47. The van der Waals surface area contributed by atoms with Gasteiger partial charge in [0.05, 0.1) is 6.04 Å². The lowest BCUT2D eigenvalue weighted by molar-refractivity contribution is -0.129. The lowest BCUT2D eigenvalue weighted by Gasteiger charge is -2.26. The van der Waals surface area contributed by atoms with Crippen LogP contribution in [0.25, 0.3) is 0 Å². The second-order valence-corrected chi connectivity index (χ2v) is 6.16. The van der Waals surface area contributed by atoms with Crippen molar-refractivity contribution >= 4 is 17.7 Å². The summed E-state index contributed by atoms with van der Waals surface area (Å²) in [5.74, 6) is -0.195. The van der Waals surface area contributed by atoms with Crippen molar-refractivity contribution in [1.82, 2.24) is 10.2 Å². The summed E-state index contributed by atoms with van der Waals surface area (Å²) in [7, 11) is 0. The molecule has 1 saturated heterocycles. The molecule has 0 saturated carbocycles. The van der Waals surface area contributed by atoms with Gasteiger partial charge in [-0.25, -0.2) is 4.39 Å². The highest BCUT2D eigenvalue weighted by atomic mass is 32.2. The van der Waals surface area contributed by atoms with Crippen LogP contribution in [-0.4, -0.2) is 34.9 Å². The van der Waals surface area contributed by atoms with Gasteiger partial charge in [0.25, 0.3) is 0 Å². The Morgan fingerprint density at radius 2 is 2.26 bits per heavy atom. The molecular weight excluding hydrogens is 263 g/mol. The van der Waals surface area contributed by atoms with E-state index in [-0.39, 0.29) is 23.9 Å². The zero-order valence-corrected chi connectivity index (χ0v) is 12.2. The minimum absolute atomic E-state index is 0.0789. The van der Waals surface area contributed by atoms with E-state index in [9.17, 15) is 9.18 Å². The molecule has 1 aliphatic heterocycles. The average Bonchev–Trinajstić information content (AvgIpc) is 2.67. The first-order valence-electron chi connectivity index (χ1n) is 6.37. The Balaban J connectivity index is 2.24. The predicted molar refractivity (Wildman–Crippen MR) is 76.4 cm³/mol. The quantitative estimate of drug-likeness (QED) is 0.920. The third-order valence-corrected chi connectivity index (χ3v) is 4.35. The highest BCUT2D eigenvalue weighted by molar-refractivity contribution is 7.99. The standard InChI is InChI=1S/C14H19FN2OS/c1-9(19-3)8-17-13(16-10(2)14(17)18)11-5-4-6-12(15)7-11/h4-7,9-10,13,16H,8H2,1-3H3. The normalized spacial score (nSPS) is 24.8. The monoisotopic (exact) mass is 282 g/mol. The van der Waals surface area contributed by atoms with Crippen molar-refractivity contribution in [1.29, 1.82) is 0 Å². The van der Waals surface area contributed by atoms with Gasteiger partial charge < -0.3 is 4.90 Å². The van der Waals surface area contributed by atoms with Crippen LogP contribution in [0.1, 0.15) is 25.6 Å². The van der Waals surface area contributed by atoms with Crippen LogP contribution in [0.15, 0.2) is 24.3 Å². The fraction of sp³-hybridized carbons (Fsp3) is 0.500. The molecule has 3 nitrogen and oxygen atoms in total. The van der Waals surface area contributed by atoms with Crippen LogP contribution in [0.5, 0.6) is 0 Å².